The number of carboxylic acid groups (broad SMARTS) is 2. The van der Waals surface area contributed by atoms with Gasteiger partial charge in [-0.2, -0.15) is 0 Å². The summed E-state index contributed by atoms with van der Waals surface area (Å²) < 4.78 is 5.05. The SMILES string of the molecule is CC(Oc1c(C(=O)O)cc(Br)cc1[N+](=O)[O-])C(=O)O. The second kappa shape index (κ2) is 5.65. The van der Waals surface area contributed by atoms with E-state index < -0.39 is 40.0 Å². The lowest BCUT2D eigenvalue weighted by atomic mass is 10.1. The number of benzene rings is 1. The number of carboxylic acids is 2. The minimum absolute atomic E-state index is 0.173. The van der Waals surface area contributed by atoms with Crippen molar-refractivity contribution < 1.29 is 29.5 Å². The molecule has 0 amide bonds. The topological polar surface area (TPSA) is 127 Å². The molecular weight excluding hydrogens is 326 g/mol. The summed E-state index contributed by atoms with van der Waals surface area (Å²) in [5.41, 5.74) is -1.12. The normalized spacial score (nSPS) is 11.7. The molecule has 0 aliphatic carbocycles. The van der Waals surface area contributed by atoms with Crippen molar-refractivity contribution in [2.24, 2.45) is 0 Å². The molecule has 9 heteroatoms. The van der Waals surface area contributed by atoms with Crippen molar-refractivity contribution in [1.82, 2.24) is 0 Å². The van der Waals surface area contributed by atoms with E-state index in [0.29, 0.717) is 0 Å². The Morgan fingerprint density at radius 2 is 2.00 bits per heavy atom. The predicted octanol–water partition coefficient (Wildman–Crippen LogP) is 1.91. The highest BCUT2D eigenvalue weighted by Crippen LogP contribution is 2.35. The molecule has 0 aliphatic rings. The molecule has 2 N–H and O–H groups in total. The van der Waals surface area contributed by atoms with E-state index in [1.165, 1.54) is 0 Å². The smallest absolute Gasteiger partial charge is 0.344 e. The van der Waals surface area contributed by atoms with Gasteiger partial charge in [-0.15, -0.1) is 0 Å². The number of ether oxygens (including phenoxy) is 1. The van der Waals surface area contributed by atoms with Gasteiger partial charge < -0.3 is 14.9 Å². The number of carbonyl (C=O) groups is 2. The summed E-state index contributed by atoms with van der Waals surface area (Å²) in [4.78, 5) is 31.7. The van der Waals surface area contributed by atoms with Crippen LogP contribution in [0.4, 0.5) is 5.69 Å². The molecule has 19 heavy (non-hydrogen) atoms. The summed E-state index contributed by atoms with van der Waals surface area (Å²) in [7, 11) is 0. The first-order valence-corrected chi connectivity index (χ1v) is 5.64. The second-order valence-electron chi connectivity index (χ2n) is 3.46. The van der Waals surface area contributed by atoms with Gasteiger partial charge in [0.25, 0.3) is 0 Å². The quantitative estimate of drug-likeness (QED) is 0.622. The Balaban J connectivity index is 3.43. The van der Waals surface area contributed by atoms with E-state index in [4.69, 9.17) is 14.9 Å². The molecule has 0 bridgehead atoms. The van der Waals surface area contributed by atoms with E-state index in [1.54, 1.807) is 0 Å². The zero-order valence-corrected chi connectivity index (χ0v) is 11.1. The Labute approximate surface area is 114 Å². The summed E-state index contributed by atoms with van der Waals surface area (Å²) in [5.74, 6) is -3.42. The van der Waals surface area contributed by atoms with Gasteiger partial charge in [0, 0.05) is 10.5 Å². The zero-order chi connectivity index (χ0) is 14.7. The molecule has 0 heterocycles. The molecule has 0 spiro atoms. The standard InChI is InChI=1S/C10H8BrNO7/c1-4(9(13)14)19-8-6(10(15)16)2-5(11)3-7(8)12(17)18/h2-4H,1H3,(H,13,14)(H,15,16). The Morgan fingerprint density at radius 3 is 2.42 bits per heavy atom. The fraction of sp³-hybridized carbons (Fsp3) is 0.200. The van der Waals surface area contributed by atoms with Crippen molar-refractivity contribution in [3.05, 3.63) is 32.3 Å². The lowest BCUT2D eigenvalue weighted by Crippen LogP contribution is -2.24. The Kier molecular flexibility index (Phi) is 4.43. The fourth-order valence-corrected chi connectivity index (χ4v) is 1.67. The molecule has 0 saturated heterocycles. The van der Waals surface area contributed by atoms with Crippen LogP contribution in [0.15, 0.2) is 16.6 Å². The number of halogens is 1. The zero-order valence-electron chi connectivity index (χ0n) is 9.49. The van der Waals surface area contributed by atoms with Crippen LogP contribution in [-0.4, -0.2) is 33.2 Å². The van der Waals surface area contributed by atoms with Crippen LogP contribution in [0.3, 0.4) is 0 Å². The van der Waals surface area contributed by atoms with Crippen molar-refractivity contribution in [2.75, 3.05) is 0 Å². The molecule has 0 aliphatic heterocycles. The third-order valence-corrected chi connectivity index (χ3v) is 2.56. The Morgan fingerprint density at radius 1 is 1.42 bits per heavy atom. The number of nitro groups is 1. The van der Waals surface area contributed by atoms with Gasteiger partial charge in [0.15, 0.2) is 6.10 Å². The van der Waals surface area contributed by atoms with Crippen LogP contribution in [0.5, 0.6) is 5.75 Å². The molecule has 8 nitrogen and oxygen atoms in total. The van der Waals surface area contributed by atoms with Crippen LogP contribution in [0.2, 0.25) is 0 Å². The van der Waals surface area contributed by atoms with Crippen molar-refractivity contribution in [3.8, 4) is 5.75 Å². The minimum Gasteiger partial charge on any atom is -0.479 e. The van der Waals surface area contributed by atoms with Gasteiger partial charge in [0.05, 0.1) is 4.92 Å². The number of aliphatic carboxylic acids is 1. The van der Waals surface area contributed by atoms with Gasteiger partial charge in [-0.05, 0) is 13.0 Å². The molecule has 1 atom stereocenters. The number of aromatic carboxylic acids is 1. The van der Waals surface area contributed by atoms with Gasteiger partial charge in [-0.3, -0.25) is 10.1 Å². The van der Waals surface area contributed by atoms with Crippen molar-refractivity contribution >= 4 is 33.6 Å². The molecule has 0 fully saturated rings. The highest BCUT2D eigenvalue weighted by molar-refractivity contribution is 9.10. The van der Waals surface area contributed by atoms with Crippen molar-refractivity contribution in [3.63, 3.8) is 0 Å². The van der Waals surface area contributed by atoms with Crippen LogP contribution in [0, 0.1) is 10.1 Å². The van der Waals surface area contributed by atoms with Gasteiger partial charge in [0.2, 0.25) is 5.75 Å². The van der Waals surface area contributed by atoms with E-state index in [-0.39, 0.29) is 4.47 Å². The third-order valence-electron chi connectivity index (χ3n) is 2.10. The number of hydrogen-bond acceptors (Lipinski definition) is 5. The molecule has 1 unspecified atom stereocenters. The minimum atomic E-state index is -1.46. The van der Waals surface area contributed by atoms with E-state index in [2.05, 4.69) is 15.9 Å². The monoisotopic (exact) mass is 333 g/mol. The van der Waals surface area contributed by atoms with Crippen LogP contribution < -0.4 is 4.74 Å². The first-order valence-electron chi connectivity index (χ1n) is 4.84. The van der Waals surface area contributed by atoms with E-state index in [9.17, 15) is 19.7 Å². The predicted molar refractivity (Wildman–Crippen MR) is 65.5 cm³/mol. The van der Waals surface area contributed by atoms with E-state index >= 15 is 0 Å². The Bertz CT molecular complexity index is 522. The van der Waals surface area contributed by atoms with Gasteiger partial charge in [0.1, 0.15) is 5.56 Å². The van der Waals surface area contributed by atoms with E-state index in [1.807, 2.05) is 0 Å². The lowest BCUT2D eigenvalue weighted by Gasteiger charge is -2.13. The largest absolute Gasteiger partial charge is 0.479 e. The second-order valence-corrected chi connectivity index (χ2v) is 4.38. The molecule has 1 aromatic carbocycles. The van der Waals surface area contributed by atoms with Crippen LogP contribution in [0.1, 0.15) is 17.3 Å². The summed E-state index contributed by atoms with van der Waals surface area (Å²) in [6, 6.07) is 2.13. The number of rotatable bonds is 5. The Hall–Kier alpha value is -2.16. The van der Waals surface area contributed by atoms with Crippen molar-refractivity contribution in [2.45, 2.75) is 13.0 Å². The van der Waals surface area contributed by atoms with Gasteiger partial charge in [-0.1, -0.05) is 15.9 Å². The highest BCUT2D eigenvalue weighted by Gasteiger charge is 2.27. The first kappa shape index (κ1) is 14.9. The molecule has 1 rings (SSSR count). The average Bonchev–Trinajstić information content (AvgIpc) is 2.29. The summed E-state index contributed by atoms with van der Waals surface area (Å²) in [5, 5.41) is 28.5. The summed E-state index contributed by atoms with van der Waals surface area (Å²) in [6.07, 6.45) is -1.42. The maximum absolute atomic E-state index is 11.0. The van der Waals surface area contributed by atoms with Crippen LogP contribution in [-0.2, 0) is 4.79 Å². The molecule has 0 aromatic heterocycles. The molecule has 1 aromatic rings. The maximum Gasteiger partial charge on any atom is 0.344 e. The lowest BCUT2D eigenvalue weighted by molar-refractivity contribution is -0.386. The van der Waals surface area contributed by atoms with Gasteiger partial charge >= 0.3 is 17.6 Å². The number of hydrogen-bond donors (Lipinski definition) is 2. The summed E-state index contributed by atoms with van der Waals surface area (Å²) in [6.45, 7) is 1.14. The third kappa shape index (κ3) is 3.41. The van der Waals surface area contributed by atoms with Crippen molar-refractivity contribution in [1.29, 1.82) is 0 Å². The van der Waals surface area contributed by atoms with Crippen LogP contribution in [0.25, 0.3) is 0 Å². The first-order chi connectivity index (χ1) is 8.73. The molecular formula is C10H8BrNO7. The number of nitrogens with zero attached hydrogens (tertiary/aromatic N) is 1. The average molecular weight is 334 g/mol. The molecule has 102 valence electrons. The molecule has 0 radical (unpaired) electrons. The molecule has 0 saturated carbocycles. The summed E-state index contributed by atoms with van der Waals surface area (Å²) >= 11 is 2.94. The number of nitro benzene ring substituents is 1. The van der Waals surface area contributed by atoms with Gasteiger partial charge in [-0.25, -0.2) is 9.59 Å². The fourth-order valence-electron chi connectivity index (χ4n) is 1.22. The maximum atomic E-state index is 11.0. The van der Waals surface area contributed by atoms with Crippen LogP contribution >= 0.6 is 15.9 Å². The van der Waals surface area contributed by atoms with E-state index in [0.717, 1.165) is 19.1 Å². The highest BCUT2D eigenvalue weighted by atomic mass is 79.9.